The van der Waals surface area contributed by atoms with Crippen LogP contribution >= 0.6 is 0 Å². The summed E-state index contributed by atoms with van der Waals surface area (Å²) in [5.41, 5.74) is 2.99. The second-order valence-electron chi connectivity index (χ2n) is 4.37. The Labute approximate surface area is 110 Å². The van der Waals surface area contributed by atoms with Crippen molar-refractivity contribution in [2.75, 3.05) is 5.32 Å². The van der Waals surface area contributed by atoms with Gasteiger partial charge in [0.25, 0.3) is 0 Å². The molecule has 1 N–H and O–H groups in total. The van der Waals surface area contributed by atoms with Gasteiger partial charge in [0.15, 0.2) is 5.65 Å². The Balaban J connectivity index is 1.84. The van der Waals surface area contributed by atoms with Crippen LogP contribution in [0.5, 0.6) is 0 Å². The van der Waals surface area contributed by atoms with Crippen LogP contribution in [0.3, 0.4) is 0 Å². The SMILES string of the molecule is Cc1nn(C)c2ncc(CNc3cnccn3)cc12. The number of nitrogens with one attached hydrogen (secondary N) is 1. The minimum Gasteiger partial charge on any atom is -0.365 e. The van der Waals surface area contributed by atoms with Gasteiger partial charge in [-0.15, -0.1) is 0 Å². The molecule has 0 radical (unpaired) electrons. The van der Waals surface area contributed by atoms with E-state index in [2.05, 4.69) is 31.4 Å². The fraction of sp³-hybridized carbons (Fsp3) is 0.231. The first-order valence-electron chi connectivity index (χ1n) is 6.02. The molecule has 96 valence electrons. The monoisotopic (exact) mass is 254 g/mol. The van der Waals surface area contributed by atoms with Gasteiger partial charge in [0.05, 0.1) is 11.9 Å². The van der Waals surface area contributed by atoms with Crippen molar-refractivity contribution in [1.29, 1.82) is 0 Å². The summed E-state index contributed by atoms with van der Waals surface area (Å²) in [6.45, 7) is 2.65. The summed E-state index contributed by atoms with van der Waals surface area (Å²) in [5.74, 6) is 0.755. The van der Waals surface area contributed by atoms with Gasteiger partial charge in [0.1, 0.15) is 5.82 Å². The van der Waals surface area contributed by atoms with Crippen molar-refractivity contribution in [2.24, 2.45) is 7.05 Å². The van der Waals surface area contributed by atoms with Crippen LogP contribution < -0.4 is 5.32 Å². The number of anilines is 1. The molecule has 6 heteroatoms. The van der Waals surface area contributed by atoms with Crippen molar-refractivity contribution in [3.05, 3.63) is 42.1 Å². The van der Waals surface area contributed by atoms with E-state index in [9.17, 15) is 0 Å². The number of hydrogen-bond donors (Lipinski definition) is 1. The molecular weight excluding hydrogens is 240 g/mol. The standard InChI is InChI=1S/C13H14N6/c1-9-11-5-10(7-17-13(11)19(2)18-9)6-16-12-8-14-3-4-15-12/h3-5,7-8H,6H2,1-2H3,(H,15,16). The predicted molar refractivity (Wildman–Crippen MR) is 72.6 cm³/mol. The Morgan fingerprint density at radius 3 is 2.89 bits per heavy atom. The van der Waals surface area contributed by atoms with Gasteiger partial charge in [-0.3, -0.25) is 9.67 Å². The Morgan fingerprint density at radius 1 is 1.21 bits per heavy atom. The van der Waals surface area contributed by atoms with E-state index < -0.39 is 0 Å². The fourth-order valence-corrected chi connectivity index (χ4v) is 2.03. The van der Waals surface area contributed by atoms with E-state index in [-0.39, 0.29) is 0 Å². The van der Waals surface area contributed by atoms with Crippen LogP contribution in [-0.2, 0) is 13.6 Å². The largest absolute Gasteiger partial charge is 0.365 e. The summed E-state index contributed by atoms with van der Waals surface area (Å²) in [6, 6.07) is 2.11. The maximum Gasteiger partial charge on any atom is 0.157 e. The lowest BCUT2D eigenvalue weighted by atomic mass is 10.2. The first kappa shape index (κ1) is 11.6. The zero-order chi connectivity index (χ0) is 13.2. The van der Waals surface area contributed by atoms with Crippen molar-refractivity contribution < 1.29 is 0 Å². The third-order valence-corrected chi connectivity index (χ3v) is 2.96. The average Bonchev–Trinajstić information content (AvgIpc) is 2.73. The molecule has 0 atom stereocenters. The number of rotatable bonds is 3. The van der Waals surface area contributed by atoms with Gasteiger partial charge < -0.3 is 5.32 Å². The van der Waals surface area contributed by atoms with Gasteiger partial charge >= 0.3 is 0 Å². The molecule has 0 aliphatic carbocycles. The number of aryl methyl sites for hydroxylation is 2. The lowest BCUT2D eigenvalue weighted by Crippen LogP contribution is -2.02. The second kappa shape index (κ2) is 4.64. The Hall–Kier alpha value is -2.50. The molecule has 3 rings (SSSR count). The summed E-state index contributed by atoms with van der Waals surface area (Å²) in [5, 5.41) is 8.66. The quantitative estimate of drug-likeness (QED) is 0.770. The molecule has 0 bridgehead atoms. The van der Waals surface area contributed by atoms with Crippen LogP contribution in [0.4, 0.5) is 5.82 Å². The van der Waals surface area contributed by atoms with Crippen molar-refractivity contribution in [3.8, 4) is 0 Å². The van der Waals surface area contributed by atoms with Crippen molar-refractivity contribution in [1.82, 2.24) is 24.7 Å². The number of pyridine rings is 1. The lowest BCUT2D eigenvalue weighted by molar-refractivity contribution is 0.773. The molecule has 0 aliphatic heterocycles. The summed E-state index contributed by atoms with van der Waals surface area (Å²) in [4.78, 5) is 12.6. The zero-order valence-corrected chi connectivity index (χ0v) is 10.8. The van der Waals surface area contributed by atoms with E-state index in [1.165, 1.54) is 0 Å². The smallest absolute Gasteiger partial charge is 0.157 e. The second-order valence-corrected chi connectivity index (χ2v) is 4.37. The van der Waals surface area contributed by atoms with Gasteiger partial charge in [-0.1, -0.05) is 0 Å². The number of nitrogens with zero attached hydrogens (tertiary/aromatic N) is 5. The topological polar surface area (TPSA) is 68.5 Å². The minimum atomic E-state index is 0.663. The highest BCUT2D eigenvalue weighted by Gasteiger charge is 2.06. The fourth-order valence-electron chi connectivity index (χ4n) is 2.03. The Bertz CT molecular complexity index is 704. The van der Waals surface area contributed by atoms with Crippen LogP contribution in [-0.4, -0.2) is 24.7 Å². The summed E-state index contributed by atoms with van der Waals surface area (Å²) < 4.78 is 1.80. The average molecular weight is 254 g/mol. The molecule has 0 fully saturated rings. The summed E-state index contributed by atoms with van der Waals surface area (Å²) in [7, 11) is 1.90. The normalized spacial score (nSPS) is 10.8. The van der Waals surface area contributed by atoms with Crippen LogP contribution in [0.25, 0.3) is 11.0 Å². The molecule has 0 saturated heterocycles. The summed E-state index contributed by atoms with van der Waals surface area (Å²) in [6.07, 6.45) is 6.86. The Morgan fingerprint density at radius 2 is 2.11 bits per heavy atom. The number of fused-ring (bicyclic) bond motifs is 1. The van der Waals surface area contributed by atoms with Gasteiger partial charge in [-0.25, -0.2) is 9.97 Å². The maximum absolute atomic E-state index is 4.44. The molecule has 19 heavy (non-hydrogen) atoms. The van der Waals surface area contributed by atoms with E-state index >= 15 is 0 Å². The lowest BCUT2D eigenvalue weighted by Gasteiger charge is -2.04. The van der Waals surface area contributed by atoms with Crippen LogP contribution in [0, 0.1) is 6.92 Å². The molecule has 3 heterocycles. The van der Waals surface area contributed by atoms with Crippen molar-refractivity contribution >= 4 is 16.9 Å². The molecule has 0 saturated carbocycles. The van der Waals surface area contributed by atoms with E-state index in [0.717, 1.165) is 28.1 Å². The van der Waals surface area contributed by atoms with Crippen molar-refractivity contribution in [2.45, 2.75) is 13.5 Å². The molecule has 0 aliphatic rings. The Kier molecular flexibility index (Phi) is 2.83. The highest BCUT2D eigenvalue weighted by molar-refractivity contribution is 5.78. The first-order chi connectivity index (χ1) is 9.24. The summed E-state index contributed by atoms with van der Waals surface area (Å²) >= 11 is 0. The van der Waals surface area contributed by atoms with E-state index in [1.807, 2.05) is 20.2 Å². The van der Waals surface area contributed by atoms with E-state index in [1.54, 1.807) is 23.3 Å². The van der Waals surface area contributed by atoms with Gasteiger partial charge in [0.2, 0.25) is 0 Å². The highest BCUT2D eigenvalue weighted by atomic mass is 15.3. The predicted octanol–water partition coefficient (Wildman–Crippen LogP) is 1.68. The maximum atomic E-state index is 4.44. The van der Waals surface area contributed by atoms with E-state index in [4.69, 9.17) is 0 Å². The zero-order valence-electron chi connectivity index (χ0n) is 10.8. The van der Waals surface area contributed by atoms with Crippen LogP contribution in [0.2, 0.25) is 0 Å². The highest BCUT2D eigenvalue weighted by Crippen LogP contribution is 2.16. The molecule has 6 nitrogen and oxygen atoms in total. The van der Waals surface area contributed by atoms with Crippen LogP contribution in [0.1, 0.15) is 11.3 Å². The minimum absolute atomic E-state index is 0.663. The van der Waals surface area contributed by atoms with Gasteiger partial charge in [0, 0.05) is 37.6 Å². The van der Waals surface area contributed by atoms with E-state index in [0.29, 0.717) is 6.54 Å². The first-order valence-corrected chi connectivity index (χ1v) is 6.02. The van der Waals surface area contributed by atoms with Crippen molar-refractivity contribution in [3.63, 3.8) is 0 Å². The molecule has 0 amide bonds. The number of hydrogen-bond acceptors (Lipinski definition) is 5. The molecular formula is C13H14N6. The molecule has 3 aromatic heterocycles. The van der Waals surface area contributed by atoms with Crippen LogP contribution in [0.15, 0.2) is 30.9 Å². The van der Waals surface area contributed by atoms with Gasteiger partial charge in [-0.2, -0.15) is 5.10 Å². The molecule has 3 aromatic rings. The molecule has 0 aromatic carbocycles. The molecule has 0 unspecified atom stereocenters. The number of aromatic nitrogens is 5. The third-order valence-electron chi connectivity index (χ3n) is 2.96. The molecule has 0 spiro atoms. The van der Waals surface area contributed by atoms with Gasteiger partial charge in [-0.05, 0) is 18.6 Å². The third kappa shape index (κ3) is 2.24.